The van der Waals surface area contributed by atoms with Gasteiger partial charge in [-0.25, -0.2) is 0 Å². The van der Waals surface area contributed by atoms with Crippen LogP contribution in [-0.4, -0.2) is 4.57 Å². The number of benzene rings is 10. The first-order valence-electron chi connectivity index (χ1n) is 26.1. The van der Waals surface area contributed by atoms with Crippen LogP contribution in [0.5, 0.6) is 0 Å². The van der Waals surface area contributed by atoms with Crippen LogP contribution < -0.4 is 0 Å². The van der Waals surface area contributed by atoms with Gasteiger partial charge in [-0.2, -0.15) is 0 Å². The average Bonchev–Trinajstić information content (AvgIpc) is 4.03. The lowest BCUT2D eigenvalue weighted by atomic mass is 9.80. The van der Waals surface area contributed by atoms with Crippen molar-refractivity contribution in [3.8, 4) is 72.4 Å². The Morgan fingerprint density at radius 1 is 0.301 bits per heavy atom. The van der Waals surface area contributed by atoms with Crippen LogP contribution in [0.25, 0.3) is 106 Å². The summed E-state index contributed by atoms with van der Waals surface area (Å²) in [6, 6.07) is 78.0. The van der Waals surface area contributed by atoms with Crippen LogP contribution in [0.1, 0.15) is 91.6 Å². The maximum atomic E-state index is 2.46. The SMILES string of the molecule is Cc1ccc2c(c1)C(C)(C)c1cc(-c3ccc4c(c3)C(C)(C)c3cc(-c5ccc(C=Cc6ccc(-c7ccc8c(c7)c7ccccc7n8-c7ccc8c(c7)C(C)(C)c7ccccc7-8)cc6)cc5)ccc3-4)ccc1-2. The average molecular weight is 936 g/mol. The van der Waals surface area contributed by atoms with Gasteiger partial charge in [-0.3, -0.25) is 0 Å². The lowest BCUT2D eigenvalue weighted by molar-refractivity contribution is 0.659. The van der Waals surface area contributed by atoms with Gasteiger partial charge in [0.1, 0.15) is 0 Å². The molecule has 0 saturated carbocycles. The Kier molecular flexibility index (Phi) is 9.31. The molecule has 0 unspecified atom stereocenters. The van der Waals surface area contributed by atoms with Crippen molar-refractivity contribution in [1.82, 2.24) is 4.57 Å². The molecule has 0 saturated heterocycles. The third kappa shape index (κ3) is 6.54. The van der Waals surface area contributed by atoms with Gasteiger partial charge in [0.25, 0.3) is 0 Å². The molecule has 1 nitrogen and oxygen atoms in total. The minimum atomic E-state index is -0.124. The van der Waals surface area contributed by atoms with Crippen molar-refractivity contribution in [3.05, 3.63) is 256 Å². The van der Waals surface area contributed by atoms with E-state index < -0.39 is 0 Å². The zero-order valence-corrected chi connectivity index (χ0v) is 42.7. The standard InChI is InChI=1S/C72H57N/c1-44-16-32-55-56-34-28-51(41-65(56)71(4,5)63(55)38-44)52-29-35-58-57-33-27-50(40-64(57)72(6,7)66(58)42-52)48-25-21-46(22-26-48)18-17-45-19-23-47(24-20-45)49-30-37-69-61(39-49)60-13-9-11-15-68(60)73(69)53-31-36-59-54-12-8-10-14-62(54)70(2,3)67(59)43-53/h8-43H,1-7H3. The van der Waals surface area contributed by atoms with Crippen molar-refractivity contribution in [2.75, 3.05) is 0 Å². The summed E-state index contributed by atoms with van der Waals surface area (Å²) in [6.45, 7) is 16.5. The third-order valence-corrected chi connectivity index (χ3v) is 17.3. The van der Waals surface area contributed by atoms with Crippen molar-refractivity contribution < 1.29 is 0 Å². The maximum absolute atomic E-state index is 2.46. The van der Waals surface area contributed by atoms with Crippen molar-refractivity contribution in [3.63, 3.8) is 0 Å². The number of aryl methyl sites for hydroxylation is 1. The molecule has 0 fully saturated rings. The molecule has 1 heteroatoms. The van der Waals surface area contributed by atoms with Crippen LogP contribution in [0.15, 0.2) is 206 Å². The largest absolute Gasteiger partial charge is 0.309 e. The first-order valence-corrected chi connectivity index (χ1v) is 26.1. The highest BCUT2D eigenvalue weighted by Crippen LogP contribution is 2.54. The van der Waals surface area contributed by atoms with Gasteiger partial charge in [-0.05, 0) is 167 Å². The van der Waals surface area contributed by atoms with Gasteiger partial charge < -0.3 is 4.57 Å². The number of nitrogens with zero attached hydrogens (tertiary/aromatic N) is 1. The van der Waals surface area contributed by atoms with Crippen LogP contribution in [0, 0.1) is 6.92 Å². The fourth-order valence-electron chi connectivity index (χ4n) is 13.2. The molecule has 10 aromatic carbocycles. The molecule has 0 bridgehead atoms. The fraction of sp³-hybridized carbons (Fsp3) is 0.139. The Hall–Kier alpha value is -8.26. The van der Waals surface area contributed by atoms with Crippen LogP contribution in [0.4, 0.5) is 0 Å². The Bertz CT molecular complexity index is 4150. The van der Waals surface area contributed by atoms with Gasteiger partial charge in [0, 0.05) is 32.7 Å². The second-order valence-corrected chi connectivity index (χ2v) is 22.6. The Morgan fingerprint density at radius 3 is 1.29 bits per heavy atom. The zero-order valence-electron chi connectivity index (χ0n) is 42.7. The van der Waals surface area contributed by atoms with Gasteiger partial charge in [0.15, 0.2) is 0 Å². The summed E-state index contributed by atoms with van der Waals surface area (Å²) in [6.07, 6.45) is 4.44. The molecular formula is C72H57N. The van der Waals surface area contributed by atoms with Crippen LogP contribution >= 0.6 is 0 Å². The van der Waals surface area contributed by atoms with E-state index in [-0.39, 0.29) is 16.2 Å². The monoisotopic (exact) mass is 935 g/mol. The molecule has 0 spiro atoms. The van der Waals surface area contributed by atoms with Gasteiger partial charge >= 0.3 is 0 Å². The second-order valence-electron chi connectivity index (χ2n) is 22.6. The molecule has 350 valence electrons. The summed E-state index contributed by atoms with van der Waals surface area (Å²) < 4.78 is 2.45. The maximum Gasteiger partial charge on any atom is 0.0541 e. The number of aromatic nitrogens is 1. The van der Waals surface area contributed by atoms with E-state index in [4.69, 9.17) is 0 Å². The van der Waals surface area contributed by atoms with Crippen molar-refractivity contribution in [2.45, 2.75) is 64.7 Å². The van der Waals surface area contributed by atoms with Gasteiger partial charge in [-0.15, -0.1) is 0 Å². The molecule has 0 N–H and O–H groups in total. The lowest BCUT2D eigenvalue weighted by Gasteiger charge is -2.23. The highest BCUT2D eigenvalue weighted by atomic mass is 15.0. The topological polar surface area (TPSA) is 4.93 Å². The molecule has 11 aromatic rings. The van der Waals surface area contributed by atoms with Crippen molar-refractivity contribution in [2.24, 2.45) is 0 Å². The predicted molar refractivity (Wildman–Crippen MR) is 310 cm³/mol. The second kappa shape index (κ2) is 15.6. The molecule has 73 heavy (non-hydrogen) atoms. The number of hydrogen-bond acceptors (Lipinski definition) is 0. The first-order chi connectivity index (χ1) is 35.3. The Morgan fingerprint density at radius 2 is 0.699 bits per heavy atom. The van der Waals surface area contributed by atoms with Crippen LogP contribution in [0.3, 0.4) is 0 Å². The predicted octanol–water partition coefficient (Wildman–Crippen LogP) is 19.2. The summed E-state index contributed by atoms with van der Waals surface area (Å²) in [5.74, 6) is 0. The summed E-state index contributed by atoms with van der Waals surface area (Å²) >= 11 is 0. The lowest BCUT2D eigenvalue weighted by Crippen LogP contribution is -2.15. The quantitative estimate of drug-likeness (QED) is 0.146. The summed E-state index contributed by atoms with van der Waals surface area (Å²) in [4.78, 5) is 0. The van der Waals surface area contributed by atoms with Crippen molar-refractivity contribution >= 4 is 34.0 Å². The van der Waals surface area contributed by atoms with E-state index in [1.807, 2.05) is 0 Å². The number of hydrogen-bond donors (Lipinski definition) is 0. The fourth-order valence-corrected chi connectivity index (χ4v) is 13.2. The van der Waals surface area contributed by atoms with Gasteiger partial charge in [-0.1, -0.05) is 217 Å². The minimum Gasteiger partial charge on any atom is -0.309 e. The van der Waals surface area contributed by atoms with E-state index in [1.165, 1.54) is 144 Å². The molecule has 3 aliphatic carbocycles. The van der Waals surface area contributed by atoms with Gasteiger partial charge in [0.05, 0.1) is 11.0 Å². The molecule has 14 rings (SSSR count). The summed E-state index contributed by atoms with van der Waals surface area (Å²) in [5, 5.41) is 2.54. The van der Waals surface area contributed by atoms with Crippen LogP contribution in [0.2, 0.25) is 0 Å². The Balaban J connectivity index is 0.691. The molecule has 0 aliphatic heterocycles. The van der Waals surface area contributed by atoms with E-state index in [0.29, 0.717) is 0 Å². The summed E-state index contributed by atoms with van der Waals surface area (Å²) in [7, 11) is 0. The third-order valence-electron chi connectivity index (χ3n) is 17.3. The molecular weight excluding hydrogens is 879 g/mol. The number of para-hydroxylation sites is 1. The van der Waals surface area contributed by atoms with Crippen molar-refractivity contribution in [1.29, 1.82) is 0 Å². The number of rotatable bonds is 6. The smallest absolute Gasteiger partial charge is 0.0541 e. The van der Waals surface area contributed by atoms with E-state index >= 15 is 0 Å². The molecule has 1 heterocycles. The van der Waals surface area contributed by atoms with E-state index in [9.17, 15) is 0 Å². The summed E-state index contributed by atoms with van der Waals surface area (Å²) in [5.41, 5.74) is 31.2. The van der Waals surface area contributed by atoms with E-state index in [2.05, 4.69) is 271 Å². The molecule has 3 aliphatic rings. The Labute approximate surface area is 429 Å². The normalized spacial score (nSPS) is 15.1. The highest BCUT2D eigenvalue weighted by molar-refractivity contribution is 6.10. The molecule has 1 aromatic heterocycles. The first kappa shape index (κ1) is 43.5. The zero-order chi connectivity index (χ0) is 49.5. The highest BCUT2D eigenvalue weighted by Gasteiger charge is 2.39. The molecule has 0 atom stereocenters. The van der Waals surface area contributed by atoms with E-state index in [1.54, 1.807) is 0 Å². The molecule has 0 radical (unpaired) electrons. The minimum absolute atomic E-state index is 0.0300. The molecule has 0 amide bonds. The van der Waals surface area contributed by atoms with E-state index in [0.717, 1.165) is 0 Å². The van der Waals surface area contributed by atoms with Crippen LogP contribution in [-0.2, 0) is 16.2 Å². The number of fused-ring (bicyclic) bond motifs is 12. The van der Waals surface area contributed by atoms with Gasteiger partial charge in [0.2, 0.25) is 0 Å².